The highest BCUT2D eigenvalue weighted by molar-refractivity contribution is 9.10. The fourth-order valence-corrected chi connectivity index (χ4v) is 4.92. The highest BCUT2D eigenvalue weighted by Crippen LogP contribution is 2.43. The van der Waals surface area contributed by atoms with Gasteiger partial charge in [-0.2, -0.15) is 5.26 Å². The van der Waals surface area contributed by atoms with Crippen LogP contribution in [0, 0.1) is 11.3 Å². The summed E-state index contributed by atoms with van der Waals surface area (Å²) in [7, 11) is 0. The summed E-state index contributed by atoms with van der Waals surface area (Å²) in [5.41, 5.74) is 2.67. The second kappa shape index (κ2) is 7.59. The van der Waals surface area contributed by atoms with Gasteiger partial charge in [-0.1, -0.05) is 51.4 Å². The zero-order valence-electron chi connectivity index (χ0n) is 14.2. The molecule has 2 aliphatic rings. The second-order valence-corrected chi connectivity index (χ2v) is 8.68. The highest BCUT2D eigenvalue weighted by Gasteiger charge is 2.38. The fourth-order valence-electron chi connectivity index (χ4n) is 3.36. The molecule has 1 saturated heterocycles. The number of nitriles is 1. The number of carbonyl (C=O) groups excluding carboxylic acids is 1. The molecule has 0 aromatic heterocycles. The van der Waals surface area contributed by atoms with E-state index in [1.807, 2.05) is 36.4 Å². The van der Waals surface area contributed by atoms with Gasteiger partial charge in [-0.25, -0.2) is 0 Å². The van der Waals surface area contributed by atoms with Gasteiger partial charge in [0.25, 0.3) is 0 Å². The SMILES string of the molecule is N#CC1=C2SCN(c3ccc(Br)cc3)CN2C(=O)CC1c1ccc(Cl)cc1. The van der Waals surface area contributed by atoms with Gasteiger partial charge in [0.2, 0.25) is 5.91 Å². The normalized spacial score (nSPS) is 19.7. The number of rotatable bonds is 2. The zero-order chi connectivity index (χ0) is 19.0. The summed E-state index contributed by atoms with van der Waals surface area (Å²) < 4.78 is 1.02. The predicted molar refractivity (Wildman–Crippen MR) is 112 cm³/mol. The molecule has 0 aliphatic carbocycles. The molecule has 27 heavy (non-hydrogen) atoms. The van der Waals surface area contributed by atoms with Crippen LogP contribution in [-0.2, 0) is 4.79 Å². The third-order valence-corrected chi connectivity index (χ3v) is 6.69. The largest absolute Gasteiger partial charge is 0.344 e. The van der Waals surface area contributed by atoms with E-state index in [-0.39, 0.29) is 11.8 Å². The van der Waals surface area contributed by atoms with Crippen LogP contribution in [0.1, 0.15) is 17.9 Å². The number of halogens is 2. The van der Waals surface area contributed by atoms with E-state index in [0.717, 1.165) is 20.8 Å². The van der Waals surface area contributed by atoms with Crippen molar-refractivity contribution in [1.82, 2.24) is 4.90 Å². The first-order chi connectivity index (χ1) is 13.1. The number of hydrogen-bond acceptors (Lipinski definition) is 4. The van der Waals surface area contributed by atoms with Crippen LogP contribution in [0.2, 0.25) is 5.02 Å². The van der Waals surface area contributed by atoms with Crippen molar-refractivity contribution in [3.8, 4) is 6.07 Å². The molecule has 2 aliphatic heterocycles. The first-order valence-corrected chi connectivity index (χ1v) is 10.6. The predicted octanol–water partition coefficient (Wildman–Crippen LogP) is 5.32. The molecule has 7 heteroatoms. The number of amides is 1. The van der Waals surface area contributed by atoms with Crippen LogP contribution in [0.25, 0.3) is 0 Å². The Bertz CT molecular complexity index is 953. The molecule has 4 rings (SSSR count). The summed E-state index contributed by atoms with van der Waals surface area (Å²) in [6.45, 7) is 0.460. The van der Waals surface area contributed by atoms with Gasteiger partial charge < -0.3 is 4.90 Å². The standard InChI is InChI=1S/C20H15BrClN3OS/c21-14-3-7-16(8-4-14)24-11-25-19(26)9-17(13-1-5-15(22)6-2-13)18(10-23)20(25)27-12-24/h1-8,17H,9,11-12H2. The van der Waals surface area contributed by atoms with E-state index >= 15 is 0 Å². The summed E-state index contributed by atoms with van der Waals surface area (Å²) in [4.78, 5) is 16.8. The van der Waals surface area contributed by atoms with E-state index in [0.29, 0.717) is 29.6 Å². The lowest BCUT2D eigenvalue weighted by atomic mass is 9.86. The van der Waals surface area contributed by atoms with Gasteiger partial charge in [-0.05, 0) is 42.0 Å². The topological polar surface area (TPSA) is 47.3 Å². The van der Waals surface area contributed by atoms with Crippen molar-refractivity contribution in [2.24, 2.45) is 0 Å². The molecular formula is C20H15BrClN3OS. The number of hydrogen-bond donors (Lipinski definition) is 0. The van der Waals surface area contributed by atoms with Crippen molar-refractivity contribution in [3.63, 3.8) is 0 Å². The zero-order valence-corrected chi connectivity index (χ0v) is 17.4. The van der Waals surface area contributed by atoms with Gasteiger partial charge in [0, 0.05) is 27.5 Å². The molecule has 136 valence electrons. The van der Waals surface area contributed by atoms with Crippen LogP contribution < -0.4 is 4.90 Å². The molecule has 1 atom stereocenters. The van der Waals surface area contributed by atoms with Gasteiger partial charge in [0.05, 0.1) is 29.2 Å². The molecule has 2 aromatic rings. The van der Waals surface area contributed by atoms with E-state index < -0.39 is 0 Å². The third kappa shape index (κ3) is 3.60. The summed E-state index contributed by atoms with van der Waals surface area (Å²) in [5, 5.41) is 11.2. The molecule has 2 heterocycles. The third-order valence-electron chi connectivity index (χ3n) is 4.76. The van der Waals surface area contributed by atoms with Gasteiger partial charge in [-0.15, -0.1) is 0 Å². The average molecular weight is 461 g/mol. The Morgan fingerprint density at radius 1 is 1.15 bits per heavy atom. The van der Waals surface area contributed by atoms with Crippen molar-refractivity contribution < 1.29 is 4.79 Å². The molecular weight excluding hydrogens is 446 g/mol. The van der Waals surface area contributed by atoms with E-state index in [1.54, 1.807) is 28.8 Å². The van der Waals surface area contributed by atoms with Crippen LogP contribution >= 0.6 is 39.3 Å². The minimum Gasteiger partial charge on any atom is -0.344 e. The molecule has 1 unspecified atom stereocenters. The van der Waals surface area contributed by atoms with Gasteiger partial charge in [0.15, 0.2) is 0 Å². The Hall–Kier alpha value is -1.94. The Kier molecular flexibility index (Phi) is 5.18. The summed E-state index contributed by atoms with van der Waals surface area (Å²) in [6, 6.07) is 17.8. The van der Waals surface area contributed by atoms with Crippen molar-refractivity contribution in [1.29, 1.82) is 5.26 Å². The molecule has 0 saturated carbocycles. The van der Waals surface area contributed by atoms with Crippen LogP contribution in [0.3, 0.4) is 0 Å². The molecule has 1 amide bonds. The summed E-state index contributed by atoms with van der Waals surface area (Å²) >= 11 is 11.0. The monoisotopic (exact) mass is 459 g/mol. The molecule has 4 nitrogen and oxygen atoms in total. The summed E-state index contributed by atoms with van der Waals surface area (Å²) in [5.74, 6) is 0.523. The van der Waals surface area contributed by atoms with Crippen LogP contribution in [0.15, 0.2) is 63.6 Å². The quantitative estimate of drug-likeness (QED) is 0.608. The highest BCUT2D eigenvalue weighted by atomic mass is 79.9. The Morgan fingerprint density at radius 2 is 1.85 bits per heavy atom. The van der Waals surface area contributed by atoms with Crippen molar-refractivity contribution in [2.45, 2.75) is 12.3 Å². The van der Waals surface area contributed by atoms with E-state index in [1.165, 1.54) is 0 Å². The molecule has 1 fully saturated rings. The van der Waals surface area contributed by atoms with E-state index in [2.05, 4.69) is 26.9 Å². The lowest BCUT2D eigenvalue weighted by molar-refractivity contribution is -0.129. The smallest absolute Gasteiger partial charge is 0.229 e. The maximum absolute atomic E-state index is 12.9. The summed E-state index contributed by atoms with van der Waals surface area (Å²) in [6.07, 6.45) is 0.294. The molecule has 0 N–H and O–H groups in total. The van der Waals surface area contributed by atoms with Crippen LogP contribution in [0.5, 0.6) is 0 Å². The second-order valence-electron chi connectivity index (χ2n) is 6.39. The van der Waals surface area contributed by atoms with E-state index in [9.17, 15) is 10.1 Å². The molecule has 2 aromatic carbocycles. The lowest BCUT2D eigenvalue weighted by Gasteiger charge is -2.42. The maximum Gasteiger partial charge on any atom is 0.229 e. The minimum absolute atomic E-state index is 0.0401. The van der Waals surface area contributed by atoms with Gasteiger partial charge in [-0.3, -0.25) is 9.69 Å². The number of benzene rings is 2. The fraction of sp³-hybridized carbons (Fsp3) is 0.200. The Balaban J connectivity index is 1.65. The first-order valence-electron chi connectivity index (χ1n) is 8.40. The first kappa shape index (κ1) is 18.4. The minimum atomic E-state index is -0.210. The van der Waals surface area contributed by atoms with Crippen molar-refractivity contribution in [2.75, 3.05) is 17.4 Å². The average Bonchev–Trinajstić information content (AvgIpc) is 2.69. The lowest BCUT2D eigenvalue weighted by Crippen LogP contribution is -2.47. The number of fused-ring (bicyclic) bond motifs is 1. The van der Waals surface area contributed by atoms with Gasteiger partial charge >= 0.3 is 0 Å². The number of thioether (sulfide) groups is 1. The Labute approximate surface area is 175 Å². The molecule has 0 bridgehead atoms. The van der Waals surface area contributed by atoms with Crippen LogP contribution in [0.4, 0.5) is 5.69 Å². The van der Waals surface area contributed by atoms with Crippen molar-refractivity contribution >= 4 is 50.9 Å². The number of anilines is 1. The number of allylic oxidation sites excluding steroid dienone is 1. The van der Waals surface area contributed by atoms with Crippen LogP contribution in [-0.4, -0.2) is 23.4 Å². The van der Waals surface area contributed by atoms with Gasteiger partial charge in [0.1, 0.15) is 0 Å². The number of nitrogens with zero attached hydrogens (tertiary/aromatic N) is 3. The molecule has 0 spiro atoms. The van der Waals surface area contributed by atoms with Crippen molar-refractivity contribution in [3.05, 3.63) is 74.2 Å². The number of carbonyl (C=O) groups is 1. The Morgan fingerprint density at radius 3 is 2.52 bits per heavy atom. The molecule has 0 radical (unpaired) electrons. The van der Waals surface area contributed by atoms with E-state index in [4.69, 9.17) is 11.6 Å². The maximum atomic E-state index is 12.9.